The van der Waals surface area contributed by atoms with Crippen LogP contribution in [0.2, 0.25) is 0 Å². The van der Waals surface area contributed by atoms with Crippen LogP contribution in [0.4, 0.5) is 0 Å². The molecule has 2 aliphatic heterocycles. The smallest absolute Gasteiger partial charge is 0.241 e. The maximum atomic E-state index is 14.0. The normalized spacial score (nSPS) is 22.6. The zero-order valence-corrected chi connectivity index (χ0v) is 19.8. The van der Waals surface area contributed by atoms with E-state index >= 15 is 0 Å². The Kier molecular flexibility index (Phi) is 6.00. The molecule has 0 saturated carbocycles. The molecule has 1 aromatic carbocycles. The number of nitrogens with zero attached hydrogens (tertiary/aromatic N) is 4. The molecule has 8 heteroatoms. The summed E-state index contributed by atoms with van der Waals surface area (Å²) in [7, 11) is 0. The van der Waals surface area contributed by atoms with Gasteiger partial charge in [-0.25, -0.2) is 4.98 Å². The van der Waals surface area contributed by atoms with Gasteiger partial charge in [-0.3, -0.25) is 24.3 Å². The molecule has 0 spiro atoms. The first-order chi connectivity index (χ1) is 16.5. The van der Waals surface area contributed by atoms with Crippen LogP contribution in [0.25, 0.3) is 0 Å². The number of carbonyl (C=O) groups excluding carboxylic acids is 3. The number of carbonyl (C=O) groups is 3. The summed E-state index contributed by atoms with van der Waals surface area (Å²) in [6.07, 6.45) is 6.76. The second kappa shape index (κ2) is 9.10. The number of likely N-dealkylation sites (tertiary alicyclic amines) is 2. The fraction of sp³-hybridized carbons (Fsp3) is 0.346. The van der Waals surface area contributed by atoms with Crippen molar-refractivity contribution in [1.82, 2.24) is 19.8 Å². The van der Waals surface area contributed by atoms with E-state index in [1.54, 1.807) is 42.1 Å². The standard InChI is InChI=1S/C26H26N4O3S/c1-18-5-2-3-6-20(18)26(15-22(31)29-13-4-7-21(29)24-28-12-14-34-24)16-23(32)30(25(26)33)17-19-8-10-27-11-9-19/h2-3,5-6,8-12,14,21H,4,7,13,15-17H2,1H3. The number of benzene rings is 1. The van der Waals surface area contributed by atoms with E-state index in [1.165, 1.54) is 4.90 Å². The van der Waals surface area contributed by atoms with Gasteiger partial charge in [0.2, 0.25) is 17.7 Å². The lowest BCUT2D eigenvalue weighted by molar-refractivity contribution is -0.143. The molecule has 2 saturated heterocycles. The molecule has 0 bridgehead atoms. The third-order valence-electron chi connectivity index (χ3n) is 6.92. The molecule has 2 aromatic heterocycles. The van der Waals surface area contributed by atoms with Gasteiger partial charge in [-0.1, -0.05) is 24.3 Å². The van der Waals surface area contributed by atoms with Crippen LogP contribution in [0, 0.1) is 6.92 Å². The van der Waals surface area contributed by atoms with E-state index in [1.807, 2.05) is 41.5 Å². The lowest BCUT2D eigenvalue weighted by Gasteiger charge is -2.32. The molecule has 174 valence electrons. The van der Waals surface area contributed by atoms with Crippen molar-refractivity contribution in [2.24, 2.45) is 0 Å². The van der Waals surface area contributed by atoms with E-state index in [9.17, 15) is 14.4 Å². The van der Waals surface area contributed by atoms with Gasteiger partial charge in [0.05, 0.1) is 18.0 Å². The Morgan fingerprint density at radius 2 is 1.94 bits per heavy atom. The Hall–Kier alpha value is -3.39. The van der Waals surface area contributed by atoms with E-state index in [2.05, 4.69) is 9.97 Å². The Balaban J connectivity index is 1.49. The largest absolute Gasteiger partial charge is 0.333 e. The van der Waals surface area contributed by atoms with Crippen molar-refractivity contribution in [3.63, 3.8) is 0 Å². The molecule has 34 heavy (non-hydrogen) atoms. The summed E-state index contributed by atoms with van der Waals surface area (Å²) in [6.45, 7) is 2.74. The van der Waals surface area contributed by atoms with E-state index in [4.69, 9.17) is 0 Å². The van der Waals surface area contributed by atoms with Crippen molar-refractivity contribution in [3.8, 4) is 0 Å². The van der Waals surface area contributed by atoms with Crippen molar-refractivity contribution in [1.29, 1.82) is 0 Å². The number of thiazole rings is 1. The number of aromatic nitrogens is 2. The summed E-state index contributed by atoms with van der Waals surface area (Å²) >= 11 is 1.55. The highest BCUT2D eigenvalue weighted by Gasteiger charge is 2.55. The number of hydrogen-bond donors (Lipinski definition) is 0. The first-order valence-corrected chi connectivity index (χ1v) is 12.4. The van der Waals surface area contributed by atoms with Gasteiger partial charge >= 0.3 is 0 Å². The third kappa shape index (κ3) is 3.92. The predicted octanol–water partition coefficient (Wildman–Crippen LogP) is 3.80. The van der Waals surface area contributed by atoms with Crippen molar-refractivity contribution >= 4 is 29.1 Å². The maximum absolute atomic E-state index is 14.0. The number of hydrogen-bond acceptors (Lipinski definition) is 6. The molecule has 3 amide bonds. The van der Waals surface area contributed by atoms with Crippen LogP contribution in [0.1, 0.15) is 53.4 Å². The van der Waals surface area contributed by atoms with Crippen LogP contribution in [0.3, 0.4) is 0 Å². The fourth-order valence-electron chi connectivity index (χ4n) is 5.27. The summed E-state index contributed by atoms with van der Waals surface area (Å²) in [6, 6.07) is 11.1. The van der Waals surface area contributed by atoms with Gasteiger partial charge in [0, 0.05) is 43.4 Å². The minimum atomic E-state index is -1.21. The van der Waals surface area contributed by atoms with Crippen LogP contribution < -0.4 is 0 Å². The topological polar surface area (TPSA) is 83.5 Å². The van der Waals surface area contributed by atoms with Crippen molar-refractivity contribution in [2.75, 3.05) is 6.54 Å². The molecule has 4 heterocycles. The highest BCUT2D eigenvalue weighted by Crippen LogP contribution is 2.43. The van der Waals surface area contributed by atoms with Crippen molar-refractivity contribution in [3.05, 3.63) is 82.1 Å². The Labute approximate surface area is 202 Å². The van der Waals surface area contributed by atoms with Crippen LogP contribution in [0.15, 0.2) is 60.4 Å². The monoisotopic (exact) mass is 474 g/mol. The number of pyridine rings is 1. The highest BCUT2D eigenvalue weighted by molar-refractivity contribution is 7.09. The molecule has 7 nitrogen and oxygen atoms in total. The van der Waals surface area contributed by atoms with E-state index in [-0.39, 0.29) is 43.1 Å². The zero-order valence-electron chi connectivity index (χ0n) is 19.0. The van der Waals surface area contributed by atoms with E-state index in [0.29, 0.717) is 6.54 Å². The van der Waals surface area contributed by atoms with Gasteiger partial charge in [-0.2, -0.15) is 0 Å². The minimum Gasteiger partial charge on any atom is -0.333 e. The first kappa shape index (κ1) is 22.4. The Morgan fingerprint density at radius 1 is 1.15 bits per heavy atom. The van der Waals surface area contributed by atoms with E-state index < -0.39 is 5.41 Å². The van der Waals surface area contributed by atoms with Crippen LogP contribution in [-0.2, 0) is 26.3 Å². The summed E-state index contributed by atoms with van der Waals surface area (Å²) < 4.78 is 0. The molecule has 0 N–H and O–H groups in total. The molecule has 2 fully saturated rings. The SMILES string of the molecule is Cc1ccccc1C1(CC(=O)N2CCCC2c2nccs2)CC(=O)N(Cc2ccncc2)C1=O. The second-order valence-corrected chi connectivity index (χ2v) is 9.93. The summed E-state index contributed by atoms with van der Waals surface area (Å²) in [4.78, 5) is 52.5. The Bertz CT molecular complexity index is 1210. The quantitative estimate of drug-likeness (QED) is 0.508. The van der Waals surface area contributed by atoms with Crippen LogP contribution >= 0.6 is 11.3 Å². The van der Waals surface area contributed by atoms with Crippen LogP contribution in [0.5, 0.6) is 0 Å². The third-order valence-corrected chi connectivity index (χ3v) is 7.80. The average Bonchev–Trinajstić information content (AvgIpc) is 3.58. The number of rotatable bonds is 6. The van der Waals surface area contributed by atoms with Gasteiger partial charge in [-0.15, -0.1) is 11.3 Å². The van der Waals surface area contributed by atoms with Crippen molar-refractivity contribution in [2.45, 2.75) is 50.6 Å². The molecule has 3 aromatic rings. The van der Waals surface area contributed by atoms with Gasteiger partial charge in [0.1, 0.15) is 5.01 Å². The van der Waals surface area contributed by atoms with Gasteiger partial charge in [0.25, 0.3) is 0 Å². The molecule has 2 aliphatic rings. The summed E-state index contributed by atoms with van der Waals surface area (Å²) in [5.74, 6) is -0.661. The summed E-state index contributed by atoms with van der Waals surface area (Å²) in [5, 5.41) is 2.84. The van der Waals surface area contributed by atoms with Crippen LogP contribution in [-0.4, -0.2) is 44.0 Å². The molecule has 2 atom stereocenters. The lowest BCUT2D eigenvalue weighted by atomic mass is 9.74. The molecule has 5 rings (SSSR count). The molecule has 0 aliphatic carbocycles. The second-order valence-electron chi connectivity index (χ2n) is 9.01. The highest BCUT2D eigenvalue weighted by atomic mass is 32.1. The zero-order chi connectivity index (χ0) is 23.7. The lowest BCUT2D eigenvalue weighted by Crippen LogP contribution is -2.43. The minimum absolute atomic E-state index is 0.0106. The number of amides is 3. The summed E-state index contributed by atoms with van der Waals surface area (Å²) in [5.41, 5.74) is 1.28. The molecule has 2 unspecified atom stereocenters. The number of imide groups is 1. The predicted molar refractivity (Wildman–Crippen MR) is 128 cm³/mol. The fourth-order valence-corrected chi connectivity index (χ4v) is 6.05. The first-order valence-electron chi connectivity index (χ1n) is 11.5. The van der Waals surface area contributed by atoms with E-state index in [0.717, 1.165) is 34.5 Å². The molecular weight excluding hydrogens is 448 g/mol. The van der Waals surface area contributed by atoms with Crippen molar-refractivity contribution < 1.29 is 14.4 Å². The van der Waals surface area contributed by atoms with Gasteiger partial charge < -0.3 is 4.90 Å². The maximum Gasteiger partial charge on any atom is 0.241 e. The van der Waals surface area contributed by atoms with Gasteiger partial charge in [-0.05, 0) is 48.6 Å². The average molecular weight is 475 g/mol. The number of aryl methyl sites for hydroxylation is 1. The Morgan fingerprint density at radius 3 is 2.68 bits per heavy atom. The molecular formula is C26H26N4O3S. The van der Waals surface area contributed by atoms with Gasteiger partial charge in [0.15, 0.2) is 0 Å². The molecule has 0 radical (unpaired) electrons.